The van der Waals surface area contributed by atoms with Crippen LogP contribution in [0.5, 0.6) is 0 Å². The molecule has 0 aliphatic heterocycles. The van der Waals surface area contributed by atoms with Crippen LogP contribution >= 0.6 is 0 Å². The van der Waals surface area contributed by atoms with Crippen LogP contribution in [0.25, 0.3) is 11.1 Å². The average molecular weight is 343 g/mol. The smallest absolute Gasteiger partial charge is 0.234 e. The number of fused-ring (bicyclic) bond motifs is 3. The van der Waals surface area contributed by atoms with Gasteiger partial charge in [0, 0.05) is 18.9 Å². The second-order valence-corrected chi connectivity index (χ2v) is 6.63. The van der Waals surface area contributed by atoms with E-state index >= 15 is 0 Å². The first-order valence-corrected chi connectivity index (χ1v) is 8.78. The van der Waals surface area contributed by atoms with Crippen molar-refractivity contribution in [1.82, 2.24) is 15.2 Å². The van der Waals surface area contributed by atoms with Gasteiger partial charge in [0.2, 0.25) is 5.91 Å². The molecule has 1 heterocycles. The minimum absolute atomic E-state index is 0.0122. The van der Waals surface area contributed by atoms with Crippen molar-refractivity contribution in [3.8, 4) is 11.1 Å². The monoisotopic (exact) mass is 343 g/mol. The molecule has 1 aliphatic rings. The van der Waals surface area contributed by atoms with Gasteiger partial charge in [-0.1, -0.05) is 54.6 Å². The summed E-state index contributed by atoms with van der Waals surface area (Å²) in [6.07, 6.45) is 3.50. The fraction of sp³-hybridized carbons (Fsp3) is 0.182. The highest BCUT2D eigenvalue weighted by atomic mass is 16.2. The highest BCUT2D eigenvalue weighted by Crippen LogP contribution is 2.45. The van der Waals surface area contributed by atoms with Crippen LogP contribution < -0.4 is 5.32 Å². The molecule has 4 heteroatoms. The van der Waals surface area contributed by atoms with Gasteiger partial charge in [-0.05, 0) is 40.9 Å². The van der Waals surface area contributed by atoms with Crippen molar-refractivity contribution in [2.24, 2.45) is 0 Å². The molecule has 2 aromatic carbocycles. The fourth-order valence-corrected chi connectivity index (χ4v) is 3.68. The standard InChI is InChI=1S/C22H21N3O/c1-25(15-21(26)24-14-16-7-6-12-23-13-16)22-19-10-4-2-8-17(19)18-9-3-5-11-20(18)22/h2-13,22H,14-15H2,1H3,(H,24,26). The van der Waals surface area contributed by atoms with Gasteiger partial charge in [-0.2, -0.15) is 0 Å². The normalized spacial score (nSPS) is 12.7. The second kappa shape index (κ2) is 7.10. The van der Waals surface area contributed by atoms with Gasteiger partial charge in [0.25, 0.3) is 0 Å². The third kappa shape index (κ3) is 3.11. The van der Waals surface area contributed by atoms with E-state index in [1.54, 1.807) is 12.4 Å². The van der Waals surface area contributed by atoms with E-state index in [0.29, 0.717) is 13.1 Å². The Morgan fingerprint density at radius 3 is 2.27 bits per heavy atom. The van der Waals surface area contributed by atoms with Crippen LogP contribution in [0.15, 0.2) is 73.1 Å². The zero-order valence-corrected chi connectivity index (χ0v) is 14.7. The minimum atomic E-state index is 0.0122. The molecule has 4 nitrogen and oxygen atoms in total. The third-order valence-electron chi connectivity index (χ3n) is 4.85. The topological polar surface area (TPSA) is 45.2 Å². The van der Waals surface area contributed by atoms with Gasteiger partial charge in [0.15, 0.2) is 0 Å². The van der Waals surface area contributed by atoms with Gasteiger partial charge >= 0.3 is 0 Å². The Hall–Kier alpha value is -2.98. The molecule has 0 fully saturated rings. The lowest BCUT2D eigenvalue weighted by molar-refractivity contribution is -0.122. The number of carbonyl (C=O) groups excluding carboxylic acids is 1. The third-order valence-corrected chi connectivity index (χ3v) is 4.85. The molecule has 1 aromatic heterocycles. The van der Waals surface area contributed by atoms with Crippen LogP contribution in [0.2, 0.25) is 0 Å². The molecule has 0 radical (unpaired) electrons. The van der Waals surface area contributed by atoms with E-state index in [1.807, 2.05) is 19.2 Å². The van der Waals surface area contributed by atoms with Crippen LogP contribution in [0, 0.1) is 0 Å². The molecular weight excluding hydrogens is 322 g/mol. The molecule has 0 unspecified atom stereocenters. The van der Waals surface area contributed by atoms with E-state index in [1.165, 1.54) is 22.3 Å². The maximum Gasteiger partial charge on any atom is 0.234 e. The van der Waals surface area contributed by atoms with Crippen LogP contribution in [0.4, 0.5) is 0 Å². The van der Waals surface area contributed by atoms with Gasteiger partial charge in [-0.25, -0.2) is 0 Å². The number of carbonyl (C=O) groups is 1. The zero-order valence-electron chi connectivity index (χ0n) is 14.7. The van der Waals surface area contributed by atoms with Gasteiger partial charge in [0.1, 0.15) is 0 Å². The number of benzene rings is 2. The van der Waals surface area contributed by atoms with Crippen molar-refractivity contribution in [3.63, 3.8) is 0 Å². The lowest BCUT2D eigenvalue weighted by Gasteiger charge is -2.25. The summed E-state index contributed by atoms with van der Waals surface area (Å²) in [6.45, 7) is 0.839. The maximum atomic E-state index is 12.4. The first-order chi connectivity index (χ1) is 12.7. The van der Waals surface area contributed by atoms with Crippen molar-refractivity contribution in [2.45, 2.75) is 12.6 Å². The quantitative estimate of drug-likeness (QED) is 0.772. The van der Waals surface area contributed by atoms with Crippen molar-refractivity contribution in [1.29, 1.82) is 0 Å². The molecule has 0 saturated carbocycles. The number of hydrogen-bond donors (Lipinski definition) is 1. The molecule has 4 rings (SSSR count). The number of nitrogens with one attached hydrogen (secondary N) is 1. The maximum absolute atomic E-state index is 12.4. The predicted octanol–water partition coefficient (Wildman–Crippen LogP) is 3.40. The molecule has 130 valence electrons. The molecule has 1 aliphatic carbocycles. The number of amides is 1. The molecular formula is C22H21N3O. The Morgan fingerprint density at radius 1 is 1.00 bits per heavy atom. The number of likely N-dealkylation sites (N-methyl/N-ethyl adjacent to an activating group) is 1. The first kappa shape index (κ1) is 16.5. The SMILES string of the molecule is CN(CC(=O)NCc1cccnc1)C1c2ccccc2-c2ccccc21. The number of hydrogen-bond acceptors (Lipinski definition) is 3. The minimum Gasteiger partial charge on any atom is -0.351 e. The number of pyridine rings is 1. The highest BCUT2D eigenvalue weighted by Gasteiger charge is 2.31. The van der Waals surface area contributed by atoms with Crippen molar-refractivity contribution >= 4 is 5.91 Å². The summed E-state index contributed by atoms with van der Waals surface area (Å²) in [6, 6.07) is 20.8. The van der Waals surface area contributed by atoms with E-state index in [0.717, 1.165) is 5.56 Å². The molecule has 3 aromatic rings. The van der Waals surface area contributed by atoms with Gasteiger partial charge in [-0.15, -0.1) is 0 Å². The second-order valence-electron chi connectivity index (χ2n) is 6.63. The molecule has 26 heavy (non-hydrogen) atoms. The Morgan fingerprint density at radius 2 is 1.65 bits per heavy atom. The summed E-state index contributed by atoms with van der Waals surface area (Å²) in [4.78, 5) is 18.6. The van der Waals surface area contributed by atoms with Gasteiger partial charge < -0.3 is 5.32 Å². The number of nitrogens with zero attached hydrogens (tertiary/aromatic N) is 2. The Labute approximate surface area is 153 Å². The van der Waals surface area contributed by atoms with Crippen molar-refractivity contribution in [3.05, 3.63) is 89.7 Å². The van der Waals surface area contributed by atoms with E-state index in [-0.39, 0.29) is 11.9 Å². The van der Waals surface area contributed by atoms with E-state index in [4.69, 9.17) is 0 Å². The molecule has 1 amide bonds. The summed E-state index contributed by atoms with van der Waals surface area (Å²) in [5.41, 5.74) is 6.04. The van der Waals surface area contributed by atoms with Crippen LogP contribution in [0.3, 0.4) is 0 Å². The highest BCUT2D eigenvalue weighted by molar-refractivity contribution is 5.80. The predicted molar refractivity (Wildman–Crippen MR) is 102 cm³/mol. The van der Waals surface area contributed by atoms with Gasteiger partial charge in [-0.3, -0.25) is 14.7 Å². The Balaban J connectivity index is 1.49. The van der Waals surface area contributed by atoms with Gasteiger partial charge in [0.05, 0.1) is 12.6 Å². The summed E-state index contributed by atoms with van der Waals surface area (Å²) < 4.78 is 0. The first-order valence-electron chi connectivity index (χ1n) is 8.78. The van der Waals surface area contributed by atoms with Crippen molar-refractivity contribution in [2.75, 3.05) is 13.6 Å². The Bertz CT molecular complexity index is 878. The summed E-state index contributed by atoms with van der Waals surface area (Å²) in [7, 11) is 2.01. The molecule has 0 spiro atoms. The average Bonchev–Trinajstić information content (AvgIpc) is 3.02. The molecule has 0 atom stereocenters. The zero-order chi connectivity index (χ0) is 17.9. The van der Waals surface area contributed by atoms with E-state index < -0.39 is 0 Å². The fourth-order valence-electron chi connectivity index (χ4n) is 3.68. The molecule has 0 bridgehead atoms. The Kier molecular flexibility index (Phi) is 4.50. The van der Waals surface area contributed by atoms with Crippen LogP contribution in [-0.2, 0) is 11.3 Å². The van der Waals surface area contributed by atoms with E-state index in [9.17, 15) is 4.79 Å². The van der Waals surface area contributed by atoms with Crippen molar-refractivity contribution < 1.29 is 4.79 Å². The van der Waals surface area contributed by atoms with Crippen LogP contribution in [0.1, 0.15) is 22.7 Å². The molecule has 1 N–H and O–H groups in total. The number of aromatic nitrogens is 1. The largest absolute Gasteiger partial charge is 0.351 e. The van der Waals surface area contributed by atoms with E-state index in [2.05, 4.69) is 63.7 Å². The lowest BCUT2D eigenvalue weighted by Crippen LogP contribution is -2.36. The molecule has 0 saturated heterocycles. The van der Waals surface area contributed by atoms with Crippen LogP contribution in [-0.4, -0.2) is 29.4 Å². The summed E-state index contributed by atoms with van der Waals surface area (Å²) >= 11 is 0. The summed E-state index contributed by atoms with van der Waals surface area (Å²) in [5, 5.41) is 2.98. The number of rotatable bonds is 5. The summed E-state index contributed by atoms with van der Waals surface area (Å²) in [5.74, 6) is 0.0122. The lowest BCUT2D eigenvalue weighted by atomic mass is 10.0.